The van der Waals surface area contributed by atoms with E-state index in [1.165, 1.54) is 10.8 Å². The molecule has 4 heteroatoms. The molecule has 1 heterocycles. The largest absolute Gasteiger partial charge is 0.493 e. The maximum Gasteiger partial charge on any atom is 0.259 e. The number of ether oxygens (including phenoxy) is 2. The molecule has 0 bridgehead atoms. The number of benzene rings is 4. The molecule has 0 aliphatic carbocycles. The van der Waals surface area contributed by atoms with Gasteiger partial charge in [0.25, 0.3) is 5.91 Å². The van der Waals surface area contributed by atoms with Crippen molar-refractivity contribution in [3.63, 3.8) is 0 Å². The maximum atomic E-state index is 13.3. The Morgan fingerprint density at radius 2 is 1.66 bits per heavy atom. The molecular formula is C31H29NO3. The van der Waals surface area contributed by atoms with Crippen LogP contribution in [0.1, 0.15) is 30.5 Å². The minimum absolute atomic E-state index is 0.0372. The fourth-order valence-corrected chi connectivity index (χ4v) is 4.63. The van der Waals surface area contributed by atoms with E-state index in [4.69, 9.17) is 9.47 Å². The average molecular weight is 464 g/mol. The molecule has 0 saturated carbocycles. The molecule has 4 aromatic carbocycles. The number of hydrogen-bond donors (Lipinski definition) is 0. The second-order valence-corrected chi connectivity index (χ2v) is 9.22. The van der Waals surface area contributed by atoms with Gasteiger partial charge in [-0.15, -0.1) is 0 Å². The maximum absolute atomic E-state index is 13.3. The van der Waals surface area contributed by atoms with Crippen molar-refractivity contribution in [2.75, 3.05) is 18.6 Å². The second kappa shape index (κ2) is 9.67. The zero-order valence-corrected chi connectivity index (χ0v) is 20.3. The zero-order valence-electron chi connectivity index (χ0n) is 20.3. The first-order chi connectivity index (χ1) is 17.0. The Labute approximate surface area is 206 Å². The molecule has 0 N–H and O–H groups in total. The highest BCUT2D eigenvalue weighted by Gasteiger charge is 2.32. The lowest BCUT2D eigenvalue weighted by Gasteiger charge is -2.19. The molecule has 176 valence electrons. The standard InChI is InChI=1S/C31H29NO3/c1-21(2)19-32-28-14-7-6-13-26(28)27(31(32)33)17-22-15-16-29(30(18-22)34-3)35-20-24-11-8-10-23-9-4-5-12-25(23)24/h4-18,21H,19-20H2,1-3H3/b27-17-. The molecule has 5 rings (SSSR count). The zero-order chi connectivity index (χ0) is 24.4. The Bertz CT molecular complexity index is 1410. The summed E-state index contributed by atoms with van der Waals surface area (Å²) in [5.74, 6) is 1.72. The van der Waals surface area contributed by atoms with Gasteiger partial charge in [0.05, 0.1) is 12.8 Å². The Morgan fingerprint density at radius 3 is 2.49 bits per heavy atom. The van der Waals surface area contributed by atoms with Crippen LogP contribution in [-0.2, 0) is 11.4 Å². The van der Waals surface area contributed by atoms with E-state index in [1.807, 2.05) is 71.6 Å². The summed E-state index contributed by atoms with van der Waals surface area (Å²) < 4.78 is 11.8. The predicted octanol–water partition coefficient (Wildman–Crippen LogP) is 6.97. The minimum atomic E-state index is 0.0372. The highest BCUT2D eigenvalue weighted by molar-refractivity contribution is 6.35. The number of hydrogen-bond acceptors (Lipinski definition) is 3. The summed E-state index contributed by atoms with van der Waals surface area (Å²) in [5, 5.41) is 2.37. The van der Waals surface area contributed by atoms with Crippen molar-refractivity contribution in [2.24, 2.45) is 5.92 Å². The highest BCUT2D eigenvalue weighted by atomic mass is 16.5. The van der Waals surface area contributed by atoms with Crippen LogP contribution in [-0.4, -0.2) is 19.6 Å². The summed E-state index contributed by atoms with van der Waals surface area (Å²) in [4.78, 5) is 15.2. The fourth-order valence-electron chi connectivity index (χ4n) is 4.63. The summed E-state index contributed by atoms with van der Waals surface area (Å²) >= 11 is 0. The van der Waals surface area contributed by atoms with Gasteiger partial charge in [-0.1, -0.05) is 80.6 Å². The molecule has 0 fully saturated rings. The topological polar surface area (TPSA) is 38.8 Å². The SMILES string of the molecule is COc1cc(/C=C2\C(=O)N(CC(C)C)c3ccccc32)ccc1OCc1cccc2ccccc12. The Morgan fingerprint density at radius 1 is 0.886 bits per heavy atom. The molecule has 35 heavy (non-hydrogen) atoms. The van der Waals surface area contributed by atoms with Crippen LogP contribution in [0.2, 0.25) is 0 Å². The molecule has 0 saturated heterocycles. The van der Waals surface area contributed by atoms with Crippen molar-refractivity contribution in [3.05, 3.63) is 102 Å². The van der Waals surface area contributed by atoms with E-state index in [1.54, 1.807) is 7.11 Å². The number of rotatable bonds is 7. The lowest BCUT2D eigenvalue weighted by atomic mass is 10.0. The third-order valence-electron chi connectivity index (χ3n) is 6.27. The van der Waals surface area contributed by atoms with Gasteiger partial charge < -0.3 is 14.4 Å². The van der Waals surface area contributed by atoms with Crippen molar-refractivity contribution >= 4 is 34.0 Å². The van der Waals surface area contributed by atoms with Crippen molar-refractivity contribution in [2.45, 2.75) is 20.5 Å². The number of fused-ring (bicyclic) bond motifs is 2. The predicted molar refractivity (Wildman–Crippen MR) is 143 cm³/mol. The van der Waals surface area contributed by atoms with Crippen LogP contribution in [0.25, 0.3) is 22.4 Å². The molecule has 4 nitrogen and oxygen atoms in total. The number of nitrogens with zero attached hydrogens (tertiary/aromatic N) is 1. The van der Waals surface area contributed by atoms with Gasteiger partial charge in [-0.05, 0) is 52.1 Å². The first-order valence-electron chi connectivity index (χ1n) is 12.0. The molecular weight excluding hydrogens is 434 g/mol. The third kappa shape index (κ3) is 4.52. The summed E-state index contributed by atoms with van der Waals surface area (Å²) in [6, 6.07) is 28.3. The molecule has 1 aliphatic rings. The van der Waals surface area contributed by atoms with E-state index >= 15 is 0 Å². The molecule has 0 aromatic heterocycles. The first kappa shape index (κ1) is 22.7. The molecule has 0 atom stereocenters. The second-order valence-electron chi connectivity index (χ2n) is 9.22. The number of carbonyl (C=O) groups excluding carboxylic acids is 1. The summed E-state index contributed by atoms with van der Waals surface area (Å²) in [5.41, 5.74) is 4.65. The Balaban J connectivity index is 1.42. The van der Waals surface area contributed by atoms with Crippen LogP contribution >= 0.6 is 0 Å². The van der Waals surface area contributed by atoms with Crippen LogP contribution in [0.15, 0.2) is 84.9 Å². The van der Waals surface area contributed by atoms with Crippen molar-refractivity contribution in [1.82, 2.24) is 0 Å². The van der Waals surface area contributed by atoms with E-state index in [0.29, 0.717) is 36.1 Å². The van der Waals surface area contributed by atoms with Gasteiger partial charge in [0, 0.05) is 17.7 Å². The molecule has 0 unspecified atom stereocenters. The fraction of sp³-hybridized carbons (Fsp3) is 0.194. The van der Waals surface area contributed by atoms with Gasteiger partial charge >= 0.3 is 0 Å². The van der Waals surface area contributed by atoms with Crippen LogP contribution in [0.5, 0.6) is 11.5 Å². The van der Waals surface area contributed by atoms with Crippen LogP contribution in [0, 0.1) is 5.92 Å². The molecule has 0 spiro atoms. The molecule has 1 amide bonds. The lowest BCUT2D eigenvalue weighted by Crippen LogP contribution is -2.30. The Hall–Kier alpha value is -4.05. The van der Waals surface area contributed by atoms with E-state index in [-0.39, 0.29) is 5.91 Å². The van der Waals surface area contributed by atoms with E-state index < -0.39 is 0 Å². The molecule has 1 aliphatic heterocycles. The highest BCUT2D eigenvalue weighted by Crippen LogP contribution is 2.39. The number of amides is 1. The number of para-hydroxylation sites is 1. The summed E-state index contributed by atoms with van der Waals surface area (Å²) in [6.45, 7) is 5.38. The van der Waals surface area contributed by atoms with Crippen LogP contribution in [0.4, 0.5) is 5.69 Å². The third-order valence-corrected chi connectivity index (χ3v) is 6.27. The van der Waals surface area contributed by atoms with E-state index in [0.717, 1.165) is 22.4 Å². The smallest absolute Gasteiger partial charge is 0.259 e. The normalized spacial score (nSPS) is 14.1. The van der Waals surface area contributed by atoms with Crippen LogP contribution in [0.3, 0.4) is 0 Å². The molecule has 0 radical (unpaired) electrons. The van der Waals surface area contributed by atoms with Gasteiger partial charge in [-0.2, -0.15) is 0 Å². The van der Waals surface area contributed by atoms with Gasteiger partial charge in [0.2, 0.25) is 0 Å². The van der Waals surface area contributed by atoms with Gasteiger partial charge in [0.1, 0.15) is 6.61 Å². The molecule has 4 aromatic rings. The first-order valence-corrected chi connectivity index (χ1v) is 12.0. The van der Waals surface area contributed by atoms with Crippen LogP contribution < -0.4 is 14.4 Å². The monoisotopic (exact) mass is 463 g/mol. The van der Waals surface area contributed by atoms with Gasteiger partial charge in [-0.25, -0.2) is 0 Å². The summed E-state index contributed by atoms with van der Waals surface area (Å²) in [6.07, 6.45) is 1.94. The number of carbonyl (C=O) groups is 1. The van der Waals surface area contributed by atoms with Crippen molar-refractivity contribution in [1.29, 1.82) is 0 Å². The van der Waals surface area contributed by atoms with Crippen molar-refractivity contribution < 1.29 is 14.3 Å². The lowest BCUT2D eigenvalue weighted by molar-refractivity contribution is -0.113. The summed E-state index contributed by atoms with van der Waals surface area (Å²) in [7, 11) is 1.64. The van der Waals surface area contributed by atoms with Gasteiger partial charge in [-0.3, -0.25) is 4.79 Å². The quantitative estimate of drug-likeness (QED) is 0.278. The Kier molecular flexibility index (Phi) is 6.28. The van der Waals surface area contributed by atoms with Crippen molar-refractivity contribution in [3.8, 4) is 11.5 Å². The van der Waals surface area contributed by atoms with E-state index in [9.17, 15) is 4.79 Å². The van der Waals surface area contributed by atoms with E-state index in [2.05, 4.69) is 38.1 Å². The average Bonchev–Trinajstić information content (AvgIpc) is 3.13. The number of methoxy groups -OCH3 is 1. The minimum Gasteiger partial charge on any atom is -0.493 e. The number of anilines is 1. The van der Waals surface area contributed by atoms with Gasteiger partial charge in [0.15, 0.2) is 11.5 Å².